The van der Waals surface area contributed by atoms with Crippen LogP contribution in [0.4, 0.5) is 4.39 Å². The molecule has 0 aliphatic heterocycles. The van der Waals surface area contributed by atoms with E-state index in [-0.39, 0.29) is 5.82 Å². The highest BCUT2D eigenvalue weighted by molar-refractivity contribution is 7.19. The standard InChI is InChI=1S/C24H15FS2/c25-15-4-1-14(2-5-15)3-6-16-13-20-22(27-16)10-8-19-23-17-11-12-26-21(17)9-7-18(23)24(19)20/h1-2,4-5,7-13H,3,6H2. The molecule has 0 unspecified atom stereocenters. The van der Waals surface area contributed by atoms with Crippen LogP contribution in [0, 0.1) is 5.82 Å². The average Bonchev–Trinajstić information content (AvgIpc) is 3.29. The lowest BCUT2D eigenvalue weighted by molar-refractivity contribution is 0.627. The Labute approximate surface area is 164 Å². The Bertz CT molecular complexity index is 1320. The zero-order valence-corrected chi connectivity index (χ0v) is 16.1. The number of benzene rings is 3. The summed E-state index contributed by atoms with van der Waals surface area (Å²) in [6.45, 7) is 0. The Hall–Kier alpha value is -2.49. The molecule has 2 heterocycles. The van der Waals surface area contributed by atoms with E-state index in [0.29, 0.717) is 0 Å². The number of aryl methyl sites for hydroxylation is 2. The second kappa shape index (κ2) is 5.75. The van der Waals surface area contributed by atoms with Crippen LogP contribution in [0.5, 0.6) is 0 Å². The van der Waals surface area contributed by atoms with Crippen LogP contribution in [0.15, 0.2) is 66.0 Å². The Balaban J connectivity index is 1.38. The Morgan fingerprint density at radius 3 is 2.26 bits per heavy atom. The third-order valence-electron chi connectivity index (χ3n) is 5.50. The van der Waals surface area contributed by atoms with Gasteiger partial charge in [-0.1, -0.05) is 24.3 Å². The molecule has 1 aliphatic rings. The maximum absolute atomic E-state index is 13.1. The molecule has 5 aromatic rings. The fourth-order valence-electron chi connectivity index (χ4n) is 4.18. The first-order valence-corrected chi connectivity index (χ1v) is 10.8. The molecule has 0 nitrogen and oxygen atoms in total. The Kier molecular flexibility index (Phi) is 3.31. The summed E-state index contributed by atoms with van der Waals surface area (Å²) in [7, 11) is 0. The summed E-state index contributed by atoms with van der Waals surface area (Å²) in [5, 5.41) is 4.95. The van der Waals surface area contributed by atoms with Gasteiger partial charge in [-0.25, -0.2) is 4.39 Å². The van der Waals surface area contributed by atoms with Gasteiger partial charge in [-0.2, -0.15) is 0 Å². The molecule has 6 rings (SSSR count). The minimum Gasteiger partial charge on any atom is -0.207 e. The van der Waals surface area contributed by atoms with Gasteiger partial charge in [-0.05, 0) is 82.4 Å². The lowest BCUT2D eigenvalue weighted by Crippen LogP contribution is -1.98. The van der Waals surface area contributed by atoms with E-state index >= 15 is 0 Å². The fraction of sp³-hybridized carbons (Fsp3) is 0.0833. The van der Waals surface area contributed by atoms with Crippen molar-refractivity contribution in [1.29, 1.82) is 0 Å². The molecule has 0 fully saturated rings. The van der Waals surface area contributed by atoms with Crippen molar-refractivity contribution in [2.45, 2.75) is 12.8 Å². The van der Waals surface area contributed by atoms with Crippen LogP contribution in [-0.4, -0.2) is 0 Å². The lowest BCUT2D eigenvalue weighted by Gasteiger charge is -2.25. The zero-order chi connectivity index (χ0) is 18.0. The van der Waals surface area contributed by atoms with Crippen molar-refractivity contribution in [3.05, 3.63) is 82.3 Å². The molecule has 3 heteroatoms. The number of thiophene rings is 2. The van der Waals surface area contributed by atoms with Crippen molar-refractivity contribution in [3.8, 4) is 22.3 Å². The molecule has 27 heavy (non-hydrogen) atoms. The van der Waals surface area contributed by atoms with Crippen molar-refractivity contribution in [2.75, 3.05) is 0 Å². The molecule has 3 aromatic carbocycles. The van der Waals surface area contributed by atoms with Gasteiger partial charge in [-0.15, -0.1) is 22.7 Å². The lowest BCUT2D eigenvalue weighted by atomic mass is 9.77. The van der Waals surface area contributed by atoms with Gasteiger partial charge in [-0.3, -0.25) is 0 Å². The van der Waals surface area contributed by atoms with Crippen LogP contribution in [0.3, 0.4) is 0 Å². The van der Waals surface area contributed by atoms with Crippen LogP contribution in [0.2, 0.25) is 0 Å². The van der Waals surface area contributed by atoms with Crippen molar-refractivity contribution in [2.24, 2.45) is 0 Å². The fourth-order valence-corrected chi connectivity index (χ4v) is 6.05. The minimum atomic E-state index is -0.168. The van der Waals surface area contributed by atoms with Gasteiger partial charge >= 0.3 is 0 Å². The van der Waals surface area contributed by atoms with Gasteiger partial charge in [0.2, 0.25) is 0 Å². The molecule has 0 N–H and O–H groups in total. The first kappa shape index (κ1) is 15.6. The van der Waals surface area contributed by atoms with Crippen molar-refractivity contribution in [1.82, 2.24) is 0 Å². The Morgan fingerprint density at radius 2 is 1.44 bits per heavy atom. The molecule has 0 bridgehead atoms. The van der Waals surface area contributed by atoms with Gasteiger partial charge < -0.3 is 0 Å². The van der Waals surface area contributed by atoms with Gasteiger partial charge in [0.1, 0.15) is 5.82 Å². The summed E-state index contributed by atoms with van der Waals surface area (Å²) in [6.07, 6.45) is 1.94. The van der Waals surface area contributed by atoms with Crippen LogP contribution >= 0.6 is 22.7 Å². The van der Waals surface area contributed by atoms with Crippen LogP contribution < -0.4 is 0 Å². The molecule has 1 aliphatic carbocycles. The smallest absolute Gasteiger partial charge is 0.123 e. The molecule has 0 atom stereocenters. The van der Waals surface area contributed by atoms with E-state index < -0.39 is 0 Å². The highest BCUT2D eigenvalue weighted by atomic mass is 32.1. The molecular weight excluding hydrogens is 371 g/mol. The van der Waals surface area contributed by atoms with Crippen molar-refractivity contribution >= 4 is 42.8 Å². The highest BCUT2D eigenvalue weighted by Crippen LogP contribution is 2.55. The monoisotopic (exact) mass is 386 g/mol. The average molecular weight is 387 g/mol. The number of rotatable bonds is 3. The van der Waals surface area contributed by atoms with Gasteiger partial charge in [0, 0.05) is 25.0 Å². The predicted octanol–water partition coefficient (Wildman–Crippen LogP) is 7.69. The number of hydrogen-bond acceptors (Lipinski definition) is 2. The van der Waals surface area contributed by atoms with E-state index in [4.69, 9.17) is 0 Å². The summed E-state index contributed by atoms with van der Waals surface area (Å²) in [5.74, 6) is -0.168. The first-order valence-electron chi connectivity index (χ1n) is 9.09. The molecule has 0 spiro atoms. The molecule has 2 aromatic heterocycles. The number of fused-ring (bicyclic) bond motifs is 8. The van der Waals surface area contributed by atoms with Crippen LogP contribution in [0.1, 0.15) is 10.4 Å². The summed E-state index contributed by atoms with van der Waals surface area (Å²) in [4.78, 5) is 1.40. The molecule has 0 radical (unpaired) electrons. The summed E-state index contributed by atoms with van der Waals surface area (Å²) < 4.78 is 15.8. The second-order valence-corrected chi connectivity index (χ2v) is 9.18. The maximum Gasteiger partial charge on any atom is 0.123 e. The molecule has 0 saturated carbocycles. The summed E-state index contributed by atoms with van der Waals surface area (Å²) in [6, 6.07) is 20.6. The van der Waals surface area contributed by atoms with Gasteiger partial charge in [0.25, 0.3) is 0 Å². The maximum atomic E-state index is 13.1. The first-order chi connectivity index (χ1) is 13.3. The van der Waals surface area contributed by atoms with Crippen molar-refractivity contribution in [3.63, 3.8) is 0 Å². The number of hydrogen-bond donors (Lipinski definition) is 0. The third kappa shape index (κ3) is 2.32. The second-order valence-electron chi connectivity index (χ2n) is 7.06. The van der Waals surface area contributed by atoms with Gasteiger partial charge in [0.05, 0.1) is 0 Å². The zero-order valence-electron chi connectivity index (χ0n) is 14.5. The molecular formula is C24H15FS2. The highest BCUT2D eigenvalue weighted by Gasteiger charge is 2.27. The molecule has 130 valence electrons. The largest absolute Gasteiger partial charge is 0.207 e. The van der Waals surface area contributed by atoms with E-state index in [9.17, 15) is 4.39 Å². The quantitative estimate of drug-likeness (QED) is 0.292. The van der Waals surface area contributed by atoms with Crippen LogP contribution in [0.25, 0.3) is 42.4 Å². The molecule has 0 amide bonds. The van der Waals surface area contributed by atoms with Crippen molar-refractivity contribution < 1.29 is 4.39 Å². The van der Waals surface area contributed by atoms with E-state index in [1.807, 2.05) is 34.8 Å². The Morgan fingerprint density at radius 1 is 0.704 bits per heavy atom. The van der Waals surface area contributed by atoms with Crippen LogP contribution in [-0.2, 0) is 12.8 Å². The summed E-state index contributed by atoms with van der Waals surface area (Å²) >= 11 is 3.69. The normalized spacial score (nSPS) is 12.2. The molecule has 0 saturated heterocycles. The topological polar surface area (TPSA) is 0 Å². The van der Waals surface area contributed by atoms with E-state index in [0.717, 1.165) is 12.8 Å². The third-order valence-corrected chi connectivity index (χ3v) is 7.54. The van der Waals surface area contributed by atoms with E-state index in [1.54, 1.807) is 12.1 Å². The number of halogens is 1. The van der Waals surface area contributed by atoms with E-state index in [1.165, 1.54) is 52.9 Å². The minimum absolute atomic E-state index is 0.168. The SMILES string of the molecule is Fc1ccc(CCc2cc3c4c(ccc3s2)-c2c-4ccc3sccc23)cc1. The predicted molar refractivity (Wildman–Crippen MR) is 115 cm³/mol. The van der Waals surface area contributed by atoms with E-state index in [2.05, 4.69) is 41.8 Å². The summed E-state index contributed by atoms with van der Waals surface area (Å²) in [5.41, 5.74) is 6.81. The van der Waals surface area contributed by atoms with Gasteiger partial charge in [0.15, 0.2) is 0 Å².